The molecule has 0 aliphatic rings. The van der Waals surface area contributed by atoms with E-state index in [9.17, 15) is 9.59 Å². The van der Waals surface area contributed by atoms with E-state index in [4.69, 9.17) is 11.6 Å². The number of hydrogen-bond acceptors (Lipinski definition) is 3. The normalized spacial score (nSPS) is 10.0. The Balaban J connectivity index is 3.17. The maximum Gasteiger partial charge on any atom is 0.325 e. The number of carbonyl (C=O) groups excluding carboxylic acids is 2. The van der Waals surface area contributed by atoms with Gasteiger partial charge in [-0.2, -0.15) is 0 Å². The number of anilines is 1. The zero-order chi connectivity index (χ0) is 13.7. The van der Waals surface area contributed by atoms with Crippen molar-refractivity contribution in [2.24, 2.45) is 0 Å². The van der Waals surface area contributed by atoms with Crippen LogP contribution in [0.4, 0.5) is 5.69 Å². The fraction of sp³-hybridized carbons (Fsp3) is 0.385. The quantitative estimate of drug-likeness (QED) is 0.621. The molecule has 0 saturated carbocycles. The standard InChI is InChI=1S/C13H16ClNO3/c1-9-5-4-6-10(2)13(9)15(11(16)7-14)8-12(17)18-3/h4-6H,7-8H2,1-3H3. The minimum Gasteiger partial charge on any atom is -0.468 e. The molecule has 0 saturated heterocycles. The third kappa shape index (κ3) is 3.23. The molecule has 0 N–H and O–H groups in total. The number of aryl methyl sites for hydroxylation is 2. The Morgan fingerprint density at radius 3 is 2.28 bits per heavy atom. The van der Waals surface area contributed by atoms with Crippen molar-refractivity contribution in [1.82, 2.24) is 0 Å². The van der Waals surface area contributed by atoms with Crippen LogP contribution in [0, 0.1) is 13.8 Å². The summed E-state index contributed by atoms with van der Waals surface area (Å²) in [5.74, 6) is -0.972. The summed E-state index contributed by atoms with van der Waals surface area (Å²) in [4.78, 5) is 24.6. The maximum atomic E-state index is 11.9. The predicted molar refractivity (Wildman–Crippen MR) is 71.0 cm³/mol. The number of para-hydroxylation sites is 1. The first-order chi connectivity index (χ1) is 8.51. The number of rotatable bonds is 4. The van der Waals surface area contributed by atoms with E-state index in [1.165, 1.54) is 12.0 Å². The summed E-state index contributed by atoms with van der Waals surface area (Å²) >= 11 is 5.58. The molecule has 0 heterocycles. The second kappa shape index (κ2) is 6.40. The molecule has 0 unspecified atom stereocenters. The Hall–Kier alpha value is -1.55. The molecule has 0 fully saturated rings. The number of hydrogen-bond donors (Lipinski definition) is 0. The van der Waals surface area contributed by atoms with Crippen LogP contribution in [0.3, 0.4) is 0 Å². The first-order valence-corrected chi connectivity index (χ1v) is 6.04. The van der Waals surface area contributed by atoms with Crippen LogP contribution in [-0.2, 0) is 14.3 Å². The number of alkyl halides is 1. The van der Waals surface area contributed by atoms with Crippen molar-refractivity contribution in [3.05, 3.63) is 29.3 Å². The van der Waals surface area contributed by atoms with Crippen LogP contribution in [0.2, 0.25) is 0 Å². The van der Waals surface area contributed by atoms with Crippen LogP contribution in [0.1, 0.15) is 11.1 Å². The van der Waals surface area contributed by atoms with Gasteiger partial charge in [0.1, 0.15) is 12.4 Å². The first kappa shape index (κ1) is 14.5. The highest BCUT2D eigenvalue weighted by atomic mass is 35.5. The smallest absolute Gasteiger partial charge is 0.325 e. The fourth-order valence-electron chi connectivity index (χ4n) is 1.79. The Kier molecular flexibility index (Phi) is 5.16. The van der Waals surface area contributed by atoms with E-state index in [2.05, 4.69) is 4.74 Å². The lowest BCUT2D eigenvalue weighted by Crippen LogP contribution is -2.38. The van der Waals surface area contributed by atoms with Crippen LogP contribution < -0.4 is 4.90 Å². The molecule has 1 aromatic rings. The summed E-state index contributed by atoms with van der Waals surface area (Å²) in [6, 6.07) is 5.66. The van der Waals surface area contributed by atoms with Crippen molar-refractivity contribution in [1.29, 1.82) is 0 Å². The van der Waals surface area contributed by atoms with Crippen molar-refractivity contribution < 1.29 is 14.3 Å². The molecule has 18 heavy (non-hydrogen) atoms. The number of methoxy groups -OCH3 is 1. The largest absolute Gasteiger partial charge is 0.468 e. The molecule has 0 atom stereocenters. The first-order valence-electron chi connectivity index (χ1n) is 5.50. The van der Waals surface area contributed by atoms with E-state index in [0.717, 1.165) is 11.1 Å². The molecule has 0 spiro atoms. The molecule has 1 amide bonds. The van der Waals surface area contributed by atoms with Gasteiger partial charge in [-0.05, 0) is 25.0 Å². The number of carbonyl (C=O) groups is 2. The average Bonchev–Trinajstić information content (AvgIpc) is 2.36. The molecular formula is C13H16ClNO3. The highest BCUT2D eigenvalue weighted by molar-refractivity contribution is 6.29. The van der Waals surface area contributed by atoms with Gasteiger partial charge >= 0.3 is 5.97 Å². The van der Waals surface area contributed by atoms with Gasteiger partial charge in [-0.3, -0.25) is 14.5 Å². The van der Waals surface area contributed by atoms with Gasteiger partial charge in [0.05, 0.1) is 12.8 Å². The summed E-state index contributed by atoms with van der Waals surface area (Å²) in [7, 11) is 1.29. The van der Waals surface area contributed by atoms with Crippen molar-refractivity contribution in [2.45, 2.75) is 13.8 Å². The molecule has 5 heteroatoms. The maximum absolute atomic E-state index is 11.9. The van der Waals surface area contributed by atoms with E-state index in [-0.39, 0.29) is 18.3 Å². The van der Waals surface area contributed by atoms with E-state index in [1.54, 1.807) is 0 Å². The van der Waals surface area contributed by atoms with Gasteiger partial charge in [0.15, 0.2) is 0 Å². The molecule has 4 nitrogen and oxygen atoms in total. The second-order valence-electron chi connectivity index (χ2n) is 3.93. The lowest BCUT2D eigenvalue weighted by atomic mass is 10.1. The Morgan fingerprint density at radius 1 is 1.28 bits per heavy atom. The summed E-state index contributed by atoms with van der Waals surface area (Å²) in [5, 5.41) is 0. The molecule has 1 rings (SSSR count). The van der Waals surface area contributed by atoms with Crippen LogP contribution in [0.5, 0.6) is 0 Å². The fourth-order valence-corrected chi connectivity index (χ4v) is 1.93. The van der Waals surface area contributed by atoms with Gasteiger partial charge < -0.3 is 4.74 Å². The Labute approximate surface area is 111 Å². The number of esters is 1. The zero-order valence-corrected chi connectivity index (χ0v) is 11.5. The van der Waals surface area contributed by atoms with Gasteiger partial charge in [-0.15, -0.1) is 11.6 Å². The lowest BCUT2D eigenvalue weighted by molar-refractivity contribution is -0.139. The molecule has 1 aromatic carbocycles. The zero-order valence-electron chi connectivity index (χ0n) is 10.7. The molecule has 0 aliphatic carbocycles. The summed E-state index contributed by atoms with van der Waals surface area (Å²) < 4.78 is 4.60. The SMILES string of the molecule is COC(=O)CN(C(=O)CCl)c1c(C)cccc1C. The van der Waals surface area contributed by atoms with Gasteiger partial charge in [0.2, 0.25) is 5.91 Å². The lowest BCUT2D eigenvalue weighted by Gasteiger charge is -2.24. The number of ether oxygens (including phenoxy) is 1. The summed E-state index contributed by atoms with van der Waals surface area (Å²) in [6.45, 7) is 3.63. The van der Waals surface area contributed by atoms with Gasteiger partial charge in [-0.25, -0.2) is 0 Å². The Bertz CT molecular complexity index is 439. The minimum absolute atomic E-state index is 0.131. The molecule has 98 valence electrons. The molecule has 0 aromatic heterocycles. The number of amides is 1. The summed E-state index contributed by atoms with van der Waals surface area (Å²) in [6.07, 6.45) is 0. The van der Waals surface area contributed by atoms with Crippen LogP contribution in [-0.4, -0.2) is 31.4 Å². The van der Waals surface area contributed by atoms with E-state index >= 15 is 0 Å². The molecule has 0 radical (unpaired) electrons. The highest BCUT2D eigenvalue weighted by Crippen LogP contribution is 2.24. The Morgan fingerprint density at radius 2 is 1.83 bits per heavy atom. The monoisotopic (exact) mass is 269 g/mol. The average molecular weight is 270 g/mol. The number of nitrogens with zero attached hydrogens (tertiary/aromatic N) is 1. The minimum atomic E-state index is -0.476. The van der Waals surface area contributed by atoms with Crippen molar-refractivity contribution in [3.63, 3.8) is 0 Å². The third-order valence-electron chi connectivity index (χ3n) is 2.64. The number of benzene rings is 1. The van der Waals surface area contributed by atoms with Crippen molar-refractivity contribution in [3.8, 4) is 0 Å². The number of halogens is 1. The third-order valence-corrected chi connectivity index (χ3v) is 2.87. The molecular weight excluding hydrogens is 254 g/mol. The topological polar surface area (TPSA) is 46.6 Å². The highest BCUT2D eigenvalue weighted by Gasteiger charge is 2.21. The van der Waals surface area contributed by atoms with Crippen LogP contribution in [0.25, 0.3) is 0 Å². The van der Waals surface area contributed by atoms with Gasteiger partial charge in [0, 0.05) is 0 Å². The van der Waals surface area contributed by atoms with Crippen LogP contribution >= 0.6 is 11.6 Å². The van der Waals surface area contributed by atoms with Crippen LogP contribution in [0.15, 0.2) is 18.2 Å². The van der Waals surface area contributed by atoms with Gasteiger partial charge in [0.25, 0.3) is 0 Å². The van der Waals surface area contributed by atoms with Gasteiger partial charge in [-0.1, -0.05) is 18.2 Å². The summed E-state index contributed by atoms with van der Waals surface area (Å²) in [5.41, 5.74) is 2.54. The molecule has 0 bridgehead atoms. The van der Waals surface area contributed by atoms with E-state index in [0.29, 0.717) is 5.69 Å². The second-order valence-corrected chi connectivity index (χ2v) is 4.20. The van der Waals surface area contributed by atoms with Crippen molar-refractivity contribution in [2.75, 3.05) is 24.4 Å². The van der Waals surface area contributed by atoms with E-state index < -0.39 is 5.97 Å². The predicted octanol–water partition coefficient (Wildman–Crippen LogP) is 2.05. The molecule has 0 aliphatic heterocycles. The van der Waals surface area contributed by atoms with Crippen molar-refractivity contribution >= 4 is 29.2 Å². The van der Waals surface area contributed by atoms with E-state index in [1.807, 2.05) is 32.0 Å².